The van der Waals surface area contributed by atoms with Crippen LogP contribution in [0.1, 0.15) is 18.5 Å². The lowest BCUT2D eigenvalue weighted by Crippen LogP contribution is -2.49. The number of ether oxygens (including phenoxy) is 1. The predicted molar refractivity (Wildman–Crippen MR) is 99.6 cm³/mol. The van der Waals surface area contributed by atoms with Gasteiger partial charge >= 0.3 is 6.03 Å². The van der Waals surface area contributed by atoms with Crippen LogP contribution in [0.4, 0.5) is 10.5 Å². The molecule has 1 aliphatic rings. The first-order chi connectivity index (χ1) is 12.2. The molecule has 1 fully saturated rings. The van der Waals surface area contributed by atoms with Gasteiger partial charge in [-0.25, -0.2) is 4.79 Å². The fourth-order valence-electron chi connectivity index (χ4n) is 3.30. The molecule has 0 unspecified atom stereocenters. The first kappa shape index (κ1) is 17.5. The Hall–Kier alpha value is -2.37. The maximum absolute atomic E-state index is 12.4. The SMILES string of the molecule is C[C@@H](NC(=O)Nc1ccccc1)[C@H](c1ccccc1)N1CCOCC1. The molecular weight excluding hydrogens is 314 g/mol. The highest BCUT2D eigenvalue weighted by molar-refractivity contribution is 5.89. The Labute approximate surface area is 149 Å². The minimum Gasteiger partial charge on any atom is -0.379 e. The van der Waals surface area contributed by atoms with Gasteiger partial charge in [-0.1, -0.05) is 48.5 Å². The fourth-order valence-corrected chi connectivity index (χ4v) is 3.30. The van der Waals surface area contributed by atoms with Crippen LogP contribution in [0.15, 0.2) is 60.7 Å². The maximum atomic E-state index is 12.4. The molecule has 0 aromatic heterocycles. The Balaban J connectivity index is 1.70. The second kappa shape index (κ2) is 8.65. The van der Waals surface area contributed by atoms with E-state index in [-0.39, 0.29) is 18.1 Å². The molecule has 132 valence electrons. The zero-order valence-corrected chi connectivity index (χ0v) is 14.5. The molecule has 0 aliphatic carbocycles. The van der Waals surface area contributed by atoms with E-state index in [1.165, 1.54) is 5.56 Å². The van der Waals surface area contributed by atoms with E-state index >= 15 is 0 Å². The van der Waals surface area contributed by atoms with Crippen molar-refractivity contribution in [3.63, 3.8) is 0 Å². The van der Waals surface area contributed by atoms with Gasteiger partial charge < -0.3 is 15.4 Å². The number of hydrogen-bond acceptors (Lipinski definition) is 3. The van der Waals surface area contributed by atoms with Crippen LogP contribution in [0.5, 0.6) is 0 Å². The number of amides is 2. The number of anilines is 1. The van der Waals surface area contributed by atoms with Crippen LogP contribution in [-0.2, 0) is 4.74 Å². The number of morpholine rings is 1. The van der Waals surface area contributed by atoms with E-state index in [1.807, 2.05) is 48.5 Å². The number of urea groups is 1. The van der Waals surface area contributed by atoms with E-state index in [4.69, 9.17) is 4.74 Å². The summed E-state index contributed by atoms with van der Waals surface area (Å²) < 4.78 is 5.48. The number of carbonyl (C=O) groups is 1. The van der Waals surface area contributed by atoms with Gasteiger partial charge in [0, 0.05) is 24.8 Å². The highest BCUT2D eigenvalue weighted by atomic mass is 16.5. The third-order valence-corrected chi connectivity index (χ3v) is 4.44. The molecule has 2 atom stereocenters. The van der Waals surface area contributed by atoms with E-state index in [9.17, 15) is 4.79 Å². The minimum absolute atomic E-state index is 0.0378. The molecule has 0 spiro atoms. The number of para-hydroxylation sites is 1. The highest BCUT2D eigenvalue weighted by Gasteiger charge is 2.28. The van der Waals surface area contributed by atoms with Crippen LogP contribution < -0.4 is 10.6 Å². The fraction of sp³-hybridized carbons (Fsp3) is 0.350. The first-order valence-electron chi connectivity index (χ1n) is 8.73. The van der Waals surface area contributed by atoms with E-state index in [2.05, 4.69) is 34.6 Å². The lowest BCUT2D eigenvalue weighted by atomic mass is 9.98. The summed E-state index contributed by atoms with van der Waals surface area (Å²) in [5.41, 5.74) is 1.99. The summed E-state index contributed by atoms with van der Waals surface area (Å²) in [5, 5.41) is 5.98. The zero-order chi connectivity index (χ0) is 17.5. The molecule has 5 nitrogen and oxygen atoms in total. The molecule has 0 bridgehead atoms. The van der Waals surface area contributed by atoms with Crippen LogP contribution >= 0.6 is 0 Å². The van der Waals surface area contributed by atoms with Crippen LogP contribution in [0.25, 0.3) is 0 Å². The van der Waals surface area contributed by atoms with Crippen molar-refractivity contribution < 1.29 is 9.53 Å². The van der Waals surface area contributed by atoms with Crippen molar-refractivity contribution >= 4 is 11.7 Å². The number of nitrogens with zero attached hydrogens (tertiary/aromatic N) is 1. The largest absolute Gasteiger partial charge is 0.379 e. The standard InChI is InChI=1S/C20H25N3O2/c1-16(21-20(24)22-18-10-6-3-7-11-18)19(17-8-4-2-5-9-17)23-12-14-25-15-13-23/h2-11,16,19H,12-15H2,1H3,(H2,21,22,24)/t16-,19-/m1/s1. The van der Waals surface area contributed by atoms with Crippen molar-refractivity contribution in [2.75, 3.05) is 31.6 Å². The van der Waals surface area contributed by atoms with Gasteiger partial charge in [-0.3, -0.25) is 4.90 Å². The summed E-state index contributed by atoms with van der Waals surface area (Å²) >= 11 is 0. The number of hydrogen-bond donors (Lipinski definition) is 2. The quantitative estimate of drug-likeness (QED) is 0.879. The van der Waals surface area contributed by atoms with Gasteiger partial charge in [0.25, 0.3) is 0 Å². The van der Waals surface area contributed by atoms with Crippen molar-refractivity contribution in [2.24, 2.45) is 0 Å². The van der Waals surface area contributed by atoms with Gasteiger partial charge in [0.1, 0.15) is 0 Å². The molecule has 1 aliphatic heterocycles. The van der Waals surface area contributed by atoms with Crippen LogP contribution in [0, 0.1) is 0 Å². The molecular formula is C20H25N3O2. The predicted octanol–water partition coefficient (Wildman–Crippen LogP) is 3.27. The lowest BCUT2D eigenvalue weighted by molar-refractivity contribution is 0.00974. The molecule has 25 heavy (non-hydrogen) atoms. The average molecular weight is 339 g/mol. The van der Waals surface area contributed by atoms with Crippen LogP contribution in [-0.4, -0.2) is 43.3 Å². The van der Waals surface area contributed by atoms with Crippen LogP contribution in [0.3, 0.4) is 0 Å². The summed E-state index contributed by atoms with van der Waals surface area (Å²) in [7, 11) is 0. The summed E-state index contributed by atoms with van der Waals surface area (Å²) in [6.07, 6.45) is 0. The Morgan fingerprint density at radius 1 is 1.00 bits per heavy atom. The number of benzene rings is 2. The molecule has 1 heterocycles. The number of nitrogens with one attached hydrogen (secondary N) is 2. The molecule has 2 N–H and O–H groups in total. The molecule has 2 amide bonds. The first-order valence-corrected chi connectivity index (χ1v) is 8.73. The van der Waals surface area contributed by atoms with E-state index in [1.54, 1.807) is 0 Å². The second-order valence-corrected chi connectivity index (χ2v) is 6.26. The highest BCUT2D eigenvalue weighted by Crippen LogP contribution is 2.25. The molecule has 2 aromatic carbocycles. The normalized spacial score (nSPS) is 17.5. The Kier molecular flexibility index (Phi) is 6.04. The van der Waals surface area contributed by atoms with Crippen molar-refractivity contribution in [1.29, 1.82) is 0 Å². The van der Waals surface area contributed by atoms with Gasteiger partial charge in [-0.2, -0.15) is 0 Å². The van der Waals surface area contributed by atoms with Crippen molar-refractivity contribution in [3.8, 4) is 0 Å². The van der Waals surface area contributed by atoms with Gasteiger partial charge in [0.05, 0.1) is 19.3 Å². The zero-order valence-electron chi connectivity index (χ0n) is 14.5. The summed E-state index contributed by atoms with van der Waals surface area (Å²) in [6, 6.07) is 19.7. The second-order valence-electron chi connectivity index (χ2n) is 6.26. The Morgan fingerprint density at radius 2 is 1.60 bits per heavy atom. The molecule has 3 rings (SSSR count). The molecule has 0 radical (unpaired) electrons. The van der Waals surface area contributed by atoms with Crippen molar-refractivity contribution in [1.82, 2.24) is 10.2 Å². The van der Waals surface area contributed by atoms with E-state index < -0.39 is 0 Å². The number of carbonyl (C=O) groups excluding carboxylic acids is 1. The Morgan fingerprint density at radius 3 is 2.24 bits per heavy atom. The van der Waals surface area contributed by atoms with Crippen molar-refractivity contribution in [2.45, 2.75) is 19.0 Å². The smallest absolute Gasteiger partial charge is 0.319 e. The molecule has 1 saturated heterocycles. The third-order valence-electron chi connectivity index (χ3n) is 4.44. The van der Waals surface area contributed by atoms with Crippen molar-refractivity contribution in [3.05, 3.63) is 66.2 Å². The maximum Gasteiger partial charge on any atom is 0.319 e. The molecule has 0 saturated carbocycles. The summed E-state index contributed by atoms with van der Waals surface area (Å²) in [6.45, 7) is 5.24. The summed E-state index contributed by atoms with van der Waals surface area (Å²) in [4.78, 5) is 14.8. The van der Waals surface area contributed by atoms with E-state index in [0.717, 1.165) is 32.0 Å². The number of rotatable bonds is 5. The Bertz CT molecular complexity index is 657. The summed E-state index contributed by atoms with van der Waals surface area (Å²) in [5.74, 6) is 0. The average Bonchev–Trinajstić information content (AvgIpc) is 2.64. The van der Waals surface area contributed by atoms with Gasteiger partial charge in [0.15, 0.2) is 0 Å². The van der Waals surface area contributed by atoms with Gasteiger partial charge in [-0.15, -0.1) is 0 Å². The van der Waals surface area contributed by atoms with E-state index in [0.29, 0.717) is 0 Å². The van der Waals surface area contributed by atoms with Gasteiger partial charge in [-0.05, 0) is 24.6 Å². The third kappa shape index (κ3) is 4.81. The molecule has 2 aromatic rings. The monoisotopic (exact) mass is 339 g/mol. The topological polar surface area (TPSA) is 53.6 Å². The minimum atomic E-state index is -0.187. The van der Waals surface area contributed by atoms with Gasteiger partial charge in [0.2, 0.25) is 0 Å². The molecule has 5 heteroatoms. The lowest BCUT2D eigenvalue weighted by Gasteiger charge is -2.38. The van der Waals surface area contributed by atoms with Crippen LogP contribution in [0.2, 0.25) is 0 Å².